The second kappa shape index (κ2) is 10.0. The van der Waals surface area contributed by atoms with Gasteiger partial charge in [-0.25, -0.2) is 8.78 Å². The van der Waals surface area contributed by atoms with E-state index in [-0.39, 0.29) is 29.5 Å². The van der Waals surface area contributed by atoms with Gasteiger partial charge >= 0.3 is 0 Å². The minimum atomic E-state index is -0.670. The van der Waals surface area contributed by atoms with E-state index in [2.05, 4.69) is 10.9 Å². The maximum Gasteiger partial charge on any atom is 0.276 e. The Morgan fingerprint density at radius 2 is 1.43 bits per heavy atom. The molecule has 0 aliphatic rings. The van der Waals surface area contributed by atoms with Gasteiger partial charge in [-0.1, -0.05) is 36.4 Å². The van der Waals surface area contributed by atoms with Gasteiger partial charge in [0, 0.05) is 0 Å². The number of hydrogen-bond acceptors (Lipinski definition) is 4. The largest absolute Gasteiger partial charge is 0.488 e. The van der Waals surface area contributed by atoms with Crippen LogP contribution in [0.5, 0.6) is 11.5 Å². The second-order valence-electron chi connectivity index (χ2n) is 6.13. The highest BCUT2D eigenvalue weighted by atomic mass is 19.1. The molecule has 0 unspecified atom stereocenters. The summed E-state index contributed by atoms with van der Waals surface area (Å²) < 4.78 is 37.2. The molecular formula is C22H18F2N2O4. The van der Waals surface area contributed by atoms with E-state index < -0.39 is 24.2 Å². The van der Waals surface area contributed by atoms with Crippen molar-refractivity contribution in [2.24, 2.45) is 0 Å². The molecule has 0 aliphatic carbocycles. The second-order valence-corrected chi connectivity index (χ2v) is 6.13. The first-order valence-electron chi connectivity index (χ1n) is 8.95. The van der Waals surface area contributed by atoms with Gasteiger partial charge in [-0.3, -0.25) is 20.4 Å². The van der Waals surface area contributed by atoms with Gasteiger partial charge in [0.05, 0.1) is 5.56 Å². The zero-order chi connectivity index (χ0) is 21.3. The normalized spacial score (nSPS) is 10.2. The molecule has 0 saturated heterocycles. The molecule has 0 aromatic heterocycles. The van der Waals surface area contributed by atoms with Crippen LogP contribution in [0.15, 0.2) is 72.8 Å². The van der Waals surface area contributed by atoms with Crippen LogP contribution in [-0.2, 0) is 11.4 Å². The van der Waals surface area contributed by atoms with Gasteiger partial charge in [0.1, 0.15) is 18.2 Å². The molecule has 3 rings (SSSR count). The predicted octanol–water partition coefficient (Wildman–Crippen LogP) is 3.38. The van der Waals surface area contributed by atoms with Crippen molar-refractivity contribution in [3.8, 4) is 11.5 Å². The topological polar surface area (TPSA) is 76.7 Å². The number of hydrazine groups is 1. The van der Waals surface area contributed by atoms with E-state index in [1.165, 1.54) is 36.4 Å². The number of hydrogen-bond donors (Lipinski definition) is 2. The number of ether oxygens (including phenoxy) is 2. The van der Waals surface area contributed by atoms with E-state index in [0.29, 0.717) is 0 Å². The van der Waals surface area contributed by atoms with Gasteiger partial charge in [-0.2, -0.15) is 0 Å². The zero-order valence-corrected chi connectivity index (χ0v) is 15.7. The molecule has 0 fully saturated rings. The summed E-state index contributed by atoms with van der Waals surface area (Å²) in [7, 11) is 0. The summed E-state index contributed by atoms with van der Waals surface area (Å²) in [5.74, 6) is -2.01. The fourth-order valence-electron chi connectivity index (χ4n) is 2.46. The van der Waals surface area contributed by atoms with Crippen LogP contribution in [0.2, 0.25) is 0 Å². The number of benzene rings is 3. The average molecular weight is 412 g/mol. The minimum Gasteiger partial charge on any atom is -0.488 e. The molecule has 8 heteroatoms. The number of para-hydroxylation sites is 2. The van der Waals surface area contributed by atoms with Gasteiger partial charge in [0.2, 0.25) is 0 Å². The van der Waals surface area contributed by atoms with E-state index >= 15 is 0 Å². The van der Waals surface area contributed by atoms with Gasteiger partial charge in [0.15, 0.2) is 18.2 Å². The molecule has 2 N–H and O–H groups in total. The molecule has 0 radical (unpaired) electrons. The monoisotopic (exact) mass is 412 g/mol. The van der Waals surface area contributed by atoms with Crippen molar-refractivity contribution >= 4 is 11.8 Å². The van der Waals surface area contributed by atoms with E-state index in [0.717, 1.165) is 5.56 Å². The molecule has 3 aromatic rings. The lowest BCUT2D eigenvalue weighted by atomic mass is 10.2. The van der Waals surface area contributed by atoms with Crippen LogP contribution in [0.4, 0.5) is 8.78 Å². The summed E-state index contributed by atoms with van der Waals surface area (Å²) >= 11 is 0. The standard InChI is InChI=1S/C22H18F2N2O4/c23-16-11-9-15(10-12-16)13-29-19-7-3-1-5-17(19)22(28)26-25-21(27)14-30-20-8-4-2-6-18(20)24/h1-12H,13-14H2,(H,25,27)(H,26,28). The molecule has 0 heterocycles. The van der Waals surface area contributed by atoms with Gasteiger partial charge in [0.25, 0.3) is 11.8 Å². The number of carbonyl (C=O) groups excluding carboxylic acids is 2. The molecule has 3 aromatic carbocycles. The summed E-state index contributed by atoms with van der Waals surface area (Å²) in [6, 6.07) is 17.9. The summed E-state index contributed by atoms with van der Waals surface area (Å²) in [5.41, 5.74) is 5.37. The van der Waals surface area contributed by atoms with E-state index in [9.17, 15) is 18.4 Å². The highest BCUT2D eigenvalue weighted by Crippen LogP contribution is 2.19. The van der Waals surface area contributed by atoms with Gasteiger partial charge in [-0.15, -0.1) is 0 Å². The lowest BCUT2D eigenvalue weighted by Crippen LogP contribution is -2.44. The summed E-state index contributed by atoms with van der Waals surface area (Å²) in [4.78, 5) is 24.2. The Hall–Kier alpha value is -3.94. The average Bonchev–Trinajstić information content (AvgIpc) is 2.76. The third kappa shape index (κ3) is 5.78. The quantitative estimate of drug-likeness (QED) is 0.584. The Morgan fingerprint density at radius 1 is 0.767 bits per heavy atom. The smallest absolute Gasteiger partial charge is 0.276 e. The van der Waals surface area contributed by atoms with E-state index in [4.69, 9.17) is 9.47 Å². The first kappa shape index (κ1) is 20.8. The maximum atomic E-state index is 13.5. The first-order chi connectivity index (χ1) is 14.5. The molecule has 154 valence electrons. The Morgan fingerprint density at radius 3 is 2.17 bits per heavy atom. The summed E-state index contributed by atoms with van der Waals surface area (Å²) in [5, 5.41) is 0. The van der Waals surface area contributed by atoms with Crippen LogP contribution >= 0.6 is 0 Å². The van der Waals surface area contributed by atoms with Crippen molar-refractivity contribution in [1.82, 2.24) is 10.9 Å². The Labute approximate surface area is 171 Å². The molecule has 0 bridgehead atoms. The molecule has 0 spiro atoms. The van der Waals surface area contributed by atoms with E-state index in [1.54, 1.807) is 36.4 Å². The SMILES string of the molecule is O=C(COc1ccccc1F)NNC(=O)c1ccccc1OCc1ccc(F)cc1. The Bertz CT molecular complexity index is 1030. The highest BCUT2D eigenvalue weighted by molar-refractivity contribution is 5.97. The van der Waals surface area contributed by atoms with Gasteiger partial charge in [-0.05, 0) is 42.0 Å². The zero-order valence-electron chi connectivity index (χ0n) is 15.7. The van der Waals surface area contributed by atoms with Gasteiger partial charge < -0.3 is 9.47 Å². The fourth-order valence-corrected chi connectivity index (χ4v) is 2.46. The van der Waals surface area contributed by atoms with Crippen molar-refractivity contribution in [2.45, 2.75) is 6.61 Å². The number of nitrogens with one attached hydrogen (secondary N) is 2. The van der Waals surface area contributed by atoms with Crippen LogP contribution in [0.25, 0.3) is 0 Å². The fraction of sp³-hybridized carbons (Fsp3) is 0.0909. The van der Waals surface area contributed by atoms with Crippen molar-refractivity contribution < 1.29 is 27.8 Å². The molecule has 0 saturated carbocycles. The highest BCUT2D eigenvalue weighted by Gasteiger charge is 2.14. The Kier molecular flexibility index (Phi) is 6.94. The summed E-state index contributed by atoms with van der Waals surface area (Å²) in [6.45, 7) is -0.350. The number of carbonyl (C=O) groups is 2. The molecule has 0 aliphatic heterocycles. The van der Waals surface area contributed by atoms with E-state index in [1.807, 2.05) is 0 Å². The van der Waals surface area contributed by atoms with Crippen LogP contribution < -0.4 is 20.3 Å². The van der Waals surface area contributed by atoms with Crippen molar-refractivity contribution in [3.05, 3.63) is 95.6 Å². The van der Waals surface area contributed by atoms with Crippen LogP contribution in [0, 0.1) is 11.6 Å². The lowest BCUT2D eigenvalue weighted by Gasteiger charge is -2.13. The van der Waals surface area contributed by atoms with Crippen LogP contribution in [0.3, 0.4) is 0 Å². The number of amides is 2. The van der Waals surface area contributed by atoms with Crippen molar-refractivity contribution in [1.29, 1.82) is 0 Å². The van der Waals surface area contributed by atoms with Crippen LogP contribution in [-0.4, -0.2) is 18.4 Å². The summed E-state index contributed by atoms with van der Waals surface area (Å²) in [6.07, 6.45) is 0. The first-order valence-corrected chi connectivity index (χ1v) is 8.95. The lowest BCUT2D eigenvalue weighted by molar-refractivity contribution is -0.123. The Balaban J connectivity index is 1.53. The maximum absolute atomic E-state index is 13.5. The molecule has 6 nitrogen and oxygen atoms in total. The molecule has 0 atom stereocenters. The number of halogens is 2. The predicted molar refractivity (Wildman–Crippen MR) is 105 cm³/mol. The molecule has 2 amide bonds. The third-order valence-corrected chi connectivity index (χ3v) is 3.95. The van der Waals surface area contributed by atoms with Crippen molar-refractivity contribution in [2.75, 3.05) is 6.61 Å². The minimum absolute atomic E-state index is 0.0708. The molecule has 30 heavy (non-hydrogen) atoms. The van der Waals surface area contributed by atoms with Crippen LogP contribution in [0.1, 0.15) is 15.9 Å². The number of rotatable bonds is 7. The third-order valence-electron chi connectivity index (χ3n) is 3.95. The molecular weight excluding hydrogens is 394 g/mol. The van der Waals surface area contributed by atoms with Crippen molar-refractivity contribution in [3.63, 3.8) is 0 Å².